The smallest absolute Gasteiger partial charge is 0.274 e. The van der Waals surface area contributed by atoms with Crippen LogP contribution in [-0.4, -0.2) is 76.1 Å². The van der Waals surface area contributed by atoms with E-state index in [4.69, 9.17) is 9.84 Å². The second-order valence-electron chi connectivity index (χ2n) is 7.72. The lowest BCUT2D eigenvalue weighted by molar-refractivity contribution is 0.0297. The number of nitrogens with zero attached hydrogens (tertiary/aromatic N) is 4. The van der Waals surface area contributed by atoms with Gasteiger partial charge in [0.25, 0.3) is 5.91 Å². The Bertz CT molecular complexity index is 951. The Kier molecular flexibility index (Phi) is 4.57. The summed E-state index contributed by atoms with van der Waals surface area (Å²) in [4.78, 5) is 18.2. The first-order valence-corrected chi connectivity index (χ1v) is 11.1. The summed E-state index contributed by atoms with van der Waals surface area (Å²) in [5.74, 6) is 0.279. The first-order valence-electron chi connectivity index (χ1n) is 9.78. The molecule has 2 atom stereocenters. The molecule has 4 heterocycles. The van der Waals surface area contributed by atoms with Gasteiger partial charge in [-0.15, -0.1) is 0 Å². The number of carbonyl (C=O) groups is 1. The van der Waals surface area contributed by atoms with Crippen molar-refractivity contribution in [2.75, 3.05) is 46.4 Å². The predicted octanol–water partition coefficient (Wildman–Crippen LogP) is 1.52. The Morgan fingerprint density at radius 2 is 2.00 bits per heavy atom. The van der Waals surface area contributed by atoms with Crippen molar-refractivity contribution < 1.29 is 13.7 Å². The molecule has 2 unspecified atom stereocenters. The van der Waals surface area contributed by atoms with Gasteiger partial charge in [-0.05, 0) is 26.1 Å². The van der Waals surface area contributed by atoms with E-state index >= 15 is 0 Å². The van der Waals surface area contributed by atoms with Gasteiger partial charge in [0.2, 0.25) is 0 Å². The molecule has 2 aromatic rings. The van der Waals surface area contributed by atoms with Crippen LogP contribution in [0.15, 0.2) is 29.2 Å². The van der Waals surface area contributed by atoms with Crippen LogP contribution in [0.4, 0.5) is 0 Å². The lowest BCUT2D eigenvalue weighted by Gasteiger charge is -2.26. The molecule has 28 heavy (non-hydrogen) atoms. The van der Waals surface area contributed by atoms with Gasteiger partial charge in [-0.2, -0.15) is 5.10 Å². The van der Waals surface area contributed by atoms with Crippen molar-refractivity contribution in [3.8, 4) is 11.3 Å². The third-order valence-corrected chi connectivity index (χ3v) is 7.28. The number of amides is 1. The number of ether oxygens (including phenoxy) is 1. The van der Waals surface area contributed by atoms with E-state index in [1.54, 1.807) is 4.90 Å². The summed E-state index contributed by atoms with van der Waals surface area (Å²) in [5, 5.41) is 4.84. The van der Waals surface area contributed by atoms with Crippen molar-refractivity contribution in [2.45, 2.75) is 23.1 Å². The molecule has 8 heteroatoms. The predicted molar refractivity (Wildman–Crippen MR) is 106 cm³/mol. The molecule has 1 amide bonds. The molecule has 0 bridgehead atoms. The van der Waals surface area contributed by atoms with Crippen molar-refractivity contribution in [1.82, 2.24) is 19.6 Å². The zero-order chi connectivity index (χ0) is 19.3. The summed E-state index contributed by atoms with van der Waals surface area (Å²) >= 11 is 0. The zero-order valence-corrected chi connectivity index (χ0v) is 16.8. The molecular formula is C20H24N4O3S. The molecule has 0 radical (unpaired) electrons. The SMILES string of the molecule is CN1CCC(n2nc(C(=O)N3CCOCC3)c3c2-c2ccccc2S(=O)C3)C1. The summed E-state index contributed by atoms with van der Waals surface area (Å²) in [6.45, 7) is 4.18. The number of likely N-dealkylation sites (tertiary alicyclic amines) is 1. The number of hydrogen-bond acceptors (Lipinski definition) is 5. The maximum absolute atomic E-state index is 13.3. The van der Waals surface area contributed by atoms with Crippen LogP contribution in [0.5, 0.6) is 0 Å². The van der Waals surface area contributed by atoms with Gasteiger partial charge in [-0.25, -0.2) is 0 Å². The summed E-state index contributed by atoms with van der Waals surface area (Å²) in [6.07, 6.45) is 1.00. The number of hydrogen-bond donors (Lipinski definition) is 0. The first-order chi connectivity index (χ1) is 13.6. The number of likely N-dealkylation sites (N-methyl/N-ethyl adjacent to an activating group) is 1. The van der Waals surface area contributed by atoms with Gasteiger partial charge in [0.1, 0.15) is 0 Å². The average molecular weight is 401 g/mol. The molecule has 0 saturated carbocycles. The van der Waals surface area contributed by atoms with E-state index in [1.165, 1.54) is 0 Å². The highest BCUT2D eigenvalue weighted by Gasteiger charge is 2.36. The van der Waals surface area contributed by atoms with Crippen LogP contribution in [0, 0.1) is 0 Å². The highest BCUT2D eigenvalue weighted by Crippen LogP contribution is 2.40. The molecule has 2 saturated heterocycles. The Morgan fingerprint density at radius 3 is 2.75 bits per heavy atom. The second-order valence-corrected chi connectivity index (χ2v) is 9.14. The van der Waals surface area contributed by atoms with E-state index in [0.29, 0.717) is 37.8 Å². The van der Waals surface area contributed by atoms with Crippen molar-refractivity contribution in [3.05, 3.63) is 35.5 Å². The molecule has 1 aromatic heterocycles. The molecule has 0 aliphatic carbocycles. The van der Waals surface area contributed by atoms with Gasteiger partial charge < -0.3 is 14.5 Å². The lowest BCUT2D eigenvalue weighted by Crippen LogP contribution is -2.41. The van der Waals surface area contributed by atoms with Gasteiger partial charge in [-0.3, -0.25) is 13.7 Å². The van der Waals surface area contributed by atoms with E-state index in [0.717, 1.165) is 41.2 Å². The standard InChI is InChI=1S/C20H24N4O3S/c1-22-7-6-14(12-22)24-19-15-4-2-3-5-17(15)28(26)13-16(19)18(21-24)20(25)23-8-10-27-11-9-23/h2-5,14H,6-13H2,1H3. The van der Waals surface area contributed by atoms with E-state index < -0.39 is 10.8 Å². The lowest BCUT2D eigenvalue weighted by atomic mass is 10.0. The first kappa shape index (κ1) is 18.0. The quantitative estimate of drug-likeness (QED) is 0.765. The zero-order valence-electron chi connectivity index (χ0n) is 16.0. The fourth-order valence-corrected chi connectivity index (χ4v) is 5.76. The molecule has 148 valence electrons. The third-order valence-electron chi connectivity index (χ3n) is 5.88. The van der Waals surface area contributed by atoms with Gasteiger partial charge in [0.15, 0.2) is 5.69 Å². The Morgan fingerprint density at radius 1 is 1.21 bits per heavy atom. The topological polar surface area (TPSA) is 67.7 Å². The largest absolute Gasteiger partial charge is 0.378 e. The number of carbonyl (C=O) groups excluding carboxylic acids is 1. The van der Waals surface area contributed by atoms with Crippen molar-refractivity contribution >= 4 is 16.7 Å². The fourth-order valence-electron chi connectivity index (χ4n) is 4.42. The highest BCUT2D eigenvalue weighted by molar-refractivity contribution is 7.84. The molecule has 0 N–H and O–H groups in total. The van der Waals surface area contributed by atoms with Gasteiger partial charge in [0.05, 0.1) is 41.5 Å². The molecule has 3 aliphatic heterocycles. The normalized spacial score (nSPS) is 24.8. The minimum absolute atomic E-state index is 0.0685. The number of morpholine rings is 1. The van der Waals surface area contributed by atoms with Crippen LogP contribution in [0.25, 0.3) is 11.3 Å². The van der Waals surface area contributed by atoms with Gasteiger partial charge >= 0.3 is 0 Å². The minimum Gasteiger partial charge on any atom is -0.378 e. The van der Waals surface area contributed by atoms with E-state index in [9.17, 15) is 9.00 Å². The van der Waals surface area contributed by atoms with E-state index in [2.05, 4.69) is 11.9 Å². The van der Waals surface area contributed by atoms with Crippen LogP contribution in [0.2, 0.25) is 0 Å². The van der Waals surface area contributed by atoms with Crippen LogP contribution in [0.1, 0.15) is 28.5 Å². The second kappa shape index (κ2) is 7.09. The van der Waals surface area contributed by atoms with E-state index in [-0.39, 0.29) is 11.9 Å². The maximum Gasteiger partial charge on any atom is 0.274 e. The van der Waals surface area contributed by atoms with Crippen molar-refractivity contribution in [1.29, 1.82) is 0 Å². The molecule has 2 fully saturated rings. The van der Waals surface area contributed by atoms with Crippen LogP contribution >= 0.6 is 0 Å². The highest BCUT2D eigenvalue weighted by atomic mass is 32.2. The van der Waals surface area contributed by atoms with Gasteiger partial charge in [0, 0.05) is 35.7 Å². The molecular weight excluding hydrogens is 376 g/mol. The molecule has 0 spiro atoms. The monoisotopic (exact) mass is 400 g/mol. The summed E-state index contributed by atoms with van der Waals surface area (Å²) in [5.41, 5.74) is 3.23. The third kappa shape index (κ3) is 2.91. The van der Waals surface area contributed by atoms with E-state index in [1.807, 2.05) is 28.9 Å². The molecule has 1 aromatic carbocycles. The van der Waals surface area contributed by atoms with Crippen LogP contribution < -0.4 is 0 Å². The molecule has 3 aliphatic rings. The minimum atomic E-state index is -1.16. The number of benzene rings is 1. The fraction of sp³-hybridized carbons (Fsp3) is 0.500. The van der Waals surface area contributed by atoms with Crippen molar-refractivity contribution in [2.24, 2.45) is 0 Å². The van der Waals surface area contributed by atoms with Crippen LogP contribution in [0.3, 0.4) is 0 Å². The average Bonchev–Trinajstić information content (AvgIpc) is 3.32. The molecule has 7 nitrogen and oxygen atoms in total. The van der Waals surface area contributed by atoms with Gasteiger partial charge in [-0.1, -0.05) is 18.2 Å². The Labute approximate surface area is 166 Å². The Balaban J connectivity index is 1.65. The number of aromatic nitrogens is 2. The maximum atomic E-state index is 13.3. The Hall–Kier alpha value is -2.03. The molecule has 5 rings (SSSR count). The van der Waals surface area contributed by atoms with Crippen LogP contribution in [-0.2, 0) is 21.3 Å². The number of fused-ring (bicyclic) bond motifs is 3. The summed E-state index contributed by atoms with van der Waals surface area (Å²) < 4.78 is 20.3. The summed E-state index contributed by atoms with van der Waals surface area (Å²) in [6, 6.07) is 8.05. The number of rotatable bonds is 2. The van der Waals surface area contributed by atoms with Crippen molar-refractivity contribution in [3.63, 3.8) is 0 Å². The summed E-state index contributed by atoms with van der Waals surface area (Å²) in [7, 11) is 0.947.